The molecule has 0 spiro atoms. The van der Waals surface area contributed by atoms with Gasteiger partial charge in [-0.25, -0.2) is 0 Å². The fourth-order valence-corrected chi connectivity index (χ4v) is 2.44. The highest BCUT2D eigenvalue weighted by Gasteiger charge is 2.06. The molecule has 0 fully saturated rings. The van der Waals surface area contributed by atoms with Gasteiger partial charge in [0.2, 0.25) is 0 Å². The van der Waals surface area contributed by atoms with Gasteiger partial charge in [0.05, 0.1) is 6.07 Å². The number of nitriles is 1. The lowest BCUT2D eigenvalue weighted by Crippen LogP contribution is -2.25. The lowest BCUT2D eigenvalue weighted by Gasteiger charge is -2.19. The monoisotopic (exact) mass is 214 g/mol. The molecule has 0 aliphatic carbocycles. The molecule has 0 N–H and O–H groups in total. The molecule has 0 aromatic carbocycles. The Morgan fingerprint density at radius 2 is 1.93 bits per heavy atom. The maximum absolute atomic E-state index is 8.59. The Labute approximate surface area is 92.7 Å². The second-order valence-corrected chi connectivity index (χ2v) is 4.70. The molecule has 0 aliphatic heterocycles. The smallest absolute Gasteiger partial charge is 0.0633 e. The number of hydrogen-bond donors (Lipinski definition) is 0. The fraction of sp³-hybridized carbons (Fsp3) is 0.909. The number of thioether (sulfide) groups is 1. The molecule has 82 valence electrons. The maximum Gasteiger partial charge on any atom is 0.0633 e. The number of rotatable bonds is 8. The third-order valence-electron chi connectivity index (χ3n) is 2.43. The minimum absolute atomic E-state index is 0.538. The summed E-state index contributed by atoms with van der Waals surface area (Å²) < 4.78 is 0. The van der Waals surface area contributed by atoms with Crippen molar-refractivity contribution in [1.82, 2.24) is 4.90 Å². The van der Waals surface area contributed by atoms with Crippen LogP contribution in [0.1, 0.15) is 33.6 Å². The van der Waals surface area contributed by atoms with Gasteiger partial charge in [-0.1, -0.05) is 20.8 Å². The van der Waals surface area contributed by atoms with E-state index in [1.54, 1.807) is 0 Å². The molecule has 0 aromatic rings. The van der Waals surface area contributed by atoms with Crippen LogP contribution in [-0.2, 0) is 0 Å². The Kier molecular flexibility index (Phi) is 9.23. The van der Waals surface area contributed by atoms with E-state index in [4.69, 9.17) is 5.26 Å². The molecule has 14 heavy (non-hydrogen) atoms. The highest BCUT2D eigenvalue weighted by atomic mass is 32.2. The van der Waals surface area contributed by atoms with Crippen LogP contribution in [0.3, 0.4) is 0 Å². The molecule has 1 unspecified atom stereocenters. The van der Waals surface area contributed by atoms with Gasteiger partial charge in [0.1, 0.15) is 0 Å². The number of nitrogens with zero attached hydrogens (tertiary/aromatic N) is 2. The Bertz CT molecular complexity index is 161. The van der Waals surface area contributed by atoms with Gasteiger partial charge in [-0.05, 0) is 19.5 Å². The normalized spacial score (nSPS) is 12.8. The zero-order chi connectivity index (χ0) is 10.8. The molecule has 0 saturated heterocycles. The quantitative estimate of drug-likeness (QED) is 0.621. The zero-order valence-corrected chi connectivity index (χ0v) is 10.4. The van der Waals surface area contributed by atoms with Crippen molar-refractivity contribution < 1.29 is 0 Å². The van der Waals surface area contributed by atoms with E-state index in [0.29, 0.717) is 11.7 Å². The first-order valence-electron chi connectivity index (χ1n) is 5.49. The number of hydrogen-bond acceptors (Lipinski definition) is 3. The van der Waals surface area contributed by atoms with Crippen molar-refractivity contribution in [2.75, 3.05) is 25.4 Å². The average molecular weight is 214 g/mol. The van der Waals surface area contributed by atoms with E-state index in [-0.39, 0.29) is 0 Å². The standard InChI is InChI=1S/C11H22N2S/c1-4-11(7-8-12)14-10-9-13(5-2)6-3/h11H,4-7,9-10H2,1-3H3. The molecule has 0 bridgehead atoms. The van der Waals surface area contributed by atoms with E-state index in [9.17, 15) is 0 Å². The van der Waals surface area contributed by atoms with E-state index in [1.807, 2.05) is 11.8 Å². The third kappa shape index (κ3) is 6.28. The topological polar surface area (TPSA) is 27.0 Å². The lowest BCUT2D eigenvalue weighted by atomic mass is 10.3. The molecule has 0 aromatic heterocycles. The van der Waals surface area contributed by atoms with Crippen molar-refractivity contribution in [2.45, 2.75) is 38.9 Å². The van der Waals surface area contributed by atoms with Crippen LogP contribution in [0.15, 0.2) is 0 Å². The molecule has 0 radical (unpaired) electrons. The summed E-state index contributed by atoms with van der Waals surface area (Å²) in [6, 6.07) is 2.25. The van der Waals surface area contributed by atoms with Gasteiger partial charge in [-0.3, -0.25) is 0 Å². The summed E-state index contributed by atoms with van der Waals surface area (Å²) in [5, 5.41) is 9.13. The molecule has 0 saturated carbocycles. The zero-order valence-electron chi connectivity index (χ0n) is 9.62. The van der Waals surface area contributed by atoms with Crippen molar-refractivity contribution in [2.24, 2.45) is 0 Å². The molecule has 3 heteroatoms. The van der Waals surface area contributed by atoms with Crippen molar-refractivity contribution in [1.29, 1.82) is 5.26 Å². The van der Waals surface area contributed by atoms with Crippen LogP contribution in [0.4, 0.5) is 0 Å². The molecule has 0 amide bonds. The van der Waals surface area contributed by atoms with Gasteiger partial charge in [-0.15, -0.1) is 0 Å². The average Bonchev–Trinajstić information content (AvgIpc) is 2.23. The summed E-state index contributed by atoms with van der Waals surface area (Å²) in [5.74, 6) is 1.15. The first-order valence-corrected chi connectivity index (χ1v) is 6.54. The van der Waals surface area contributed by atoms with Crippen molar-refractivity contribution >= 4 is 11.8 Å². The van der Waals surface area contributed by atoms with Gasteiger partial charge in [0.15, 0.2) is 0 Å². The molecular weight excluding hydrogens is 192 g/mol. The molecule has 1 atom stereocenters. The second kappa shape index (κ2) is 9.36. The van der Waals surface area contributed by atoms with E-state index in [2.05, 4.69) is 31.7 Å². The summed E-state index contributed by atoms with van der Waals surface area (Å²) in [7, 11) is 0. The van der Waals surface area contributed by atoms with Crippen LogP contribution >= 0.6 is 11.8 Å². The van der Waals surface area contributed by atoms with E-state index < -0.39 is 0 Å². The Morgan fingerprint density at radius 3 is 2.36 bits per heavy atom. The predicted molar refractivity (Wildman–Crippen MR) is 64.6 cm³/mol. The van der Waals surface area contributed by atoms with Gasteiger partial charge in [0, 0.05) is 24.0 Å². The van der Waals surface area contributed by atoms with Gasteiger partial charge in [-0.2, -0.15) is 17.0 Å². The summed E-state index contributed by atoms with van der Waals surface area (Å²) in [4.78, 5) is 2.42. The highest BCUT2D eigenvalue weighted by molar-refractivity contribution is 7.99. The van der Waals surface area contributed by atoms with E-state index in [0.717, 1.165) is 31.8 Å². The van der Waals surface area contributed by atoms with Gasteiger partial charge < -0.3 is 4.90 Å². The van der Waals surface area contributed by atoms with Crippen LogP contribution in [0, 0.1) is 11.3 Å². The molecule has 0 heterocycles. The van der Waals surface area contributed by atoms with Crippen LogP contribution in [-0.4, -0.2) is 35.5 Å². The van der Waals surface area contributed by atoms with Crippen LogP contribution in [0.2, 0.25) is 0 Å². The molecule has 0 rings (SSSR count). The highest BCUT2D eigenvalue weighted by Crippen LogP contribution is 2.17. The van der Waals surface area contributed by atoms with Crippen molar-refractivity contribution in [3.05, 3.63) is 0 Å². The van der Waals surface area contributed by atoms with E-state index in [1.165, 1.54) is 0 Å². The SMILES string of the molecule is CCC(CC#N)SCCN(CC)CC. The Morgan fingerprint density at radius 1 is 1.29 bits per heavy atom. The largest absolute Gasteiger partial charge is 0.303 e. The second-order valence-electron chi connectivity index (χ2n) is 3.29. The van der Waals surface area contributed by atoms with Crippen LogP contribution < -0.4 is 0 Å². The van der Waals surface area contributed by atoms with Crippen LogP contribution in [0.5, 0.6) is 0 Å². The summed E-state index contributed by atoms with van der Waals surface area (Å²) in [6.45, 7) is 9.96. The van der Waals surface area contributed by atoms with Gasteiger partial charge in [0.25, 0.3) is 0 Å². The van der Waals surface area contributed by atoms with Gasteiger partial charge >= 0.3 is 0 Å². The minimum Gasteiger partial charge on any atom is -0.303 e. The Balaban J connectivity index is 3.55. The first-order chi connectivity index (χ1) is 6.78. The first kappa shape index (κ1) is 13.8. The maximum atomic E-state index is 8.59. The summed E-state index contributed by atoms with van der Waals surface area (Å²) in [5.41, 5.74) is 0. The summed E-state index contributed by atoms with van der Waals surface area (Å²) >= 11 is 1.94. The Hall–Kier alpha value is -0.200. The summed E-state index contributed by atoms with van der Waals surface area (Å²) in [6.07, 6.45) is 1.80. The fourth-order valence-electron chi connectivity index (χ4n) is 1.31. The molecule has 0 aliphatic rings. The lowest BCUT2D eigenvalue weighted by molar-refractivity contribution is 0.323. The van der Waals surface area contributed by atoms with Crippen molar-refractivity contribution in [3.8, 4) is 6.07 Å². The van der Waals surface area contributed by atoms with Crippen LogP contribution in [0.25, 0.3) is 0 Å². The third-order valence-corrected chi connectivity index (χ3v) is 3.82. The molecule has 2 nitrogen and oxygen atoms in total. The van der Waals surface area contributed by atoms with E-state index >= 15 is 0 Å². The molecular formula is C11H22N2S. The van der Waals surface area contributed by atoms with Crippen molar-refractivity contribution in [3.63, 3.8) is 0 Å². The predicted octanol–water partition coefficient (Wildman–Crippen LogP) is 2.75. The minimum atomic E-state index is 0.538.